The highest BCUT2D eigenvalue weighted by atomic mass is 79.9. The van der Waals surface area contributed by atoms with Crippen LogP contribution < -0.4 is 10.5 Å². The van der Waals surface area contributed by atoms with Crippen molar-refractivity contribution in [3.63, 3.8) is 0 Å². The summed E-state index contributed by atoms with van der Waals surface area (Å²) in [4.78, 5) is 16.8. The van der Waals surface area contributed by atoms with Crippen molar-refractivity contribution in [2.24, 2.45) is 0 Å². The van der Waals surface area contributed by atoms with Gasteiger partial charge in [-0.15, -0.1) is 0 Å². The second kappa shape index (κ2) is 6.93. The Morgan fingerprint density at radius 2 is 2.16 bits per heavy atom. The average Bonchev–Trinajstić information content (AvgIpc) is 2.30. The first kappa shape index (κ1) is 16.0. The number of hydrogen-bond acceptors (Lipinski definition) is 3. The van der Waals surface area contributed by atoms with E-state index in [1.165, 1.54) is 17.0 Å². The van der Waals surface area contributed by atoms with Crippen molar-refractivity contribution in [1.82, 2.24) is 9.55 Å². The Labute approximate surface area is 117 Å². The summed E-state index contributed by atoms with van der Waals surface area (Å²) in [5.74, 6) is -0.160. The van der Waals surface area contributed by atoms with Gasteiger partial charge in [-0.05, 0) is 6.42 Å². The fraction of sp³-hybridized carbons (Fsp3) is 0.636. The summed E-state index contributed by atoms with van der Waals surface area (Å²) in [6, 6.07) is 0. The second-order valence-electron chi connectivity index (χ2n) is 3.98. The quantitative estimate of drug-likeness (QED) is 0.746. The van der Waals surface area contributed by atoms with Crippen LogP contribution in [0.4, 0.5) is 19.0 Å². The molecule has 0 atom stereocenters. The third kappa shape index (κ3) is 4.85. The molecule has 0 saturated carbocycles. The summed E-state index contributed by atoms with van der Waals surface area (Å²) < 4.78 is 38.9. The molecule has 108 valence electrons. The highest BCUT2D eigenvalue weighted by Gasteiger charge is 2.32. The van der Waals surface area contributed by atoms with Gasteiger partial charge in [0.05, 0.1) is 0 Å². The molecule has 8 heteroatoms. The van der Waals surface area contributed by atoms with E-state index in [0.29, 0.717) is 11.9 Å². The van der Waals surface area contributed by atoms with Crippen LogP contribution in [0, 0.1) is 0 Å². The summed E-state index contributed by atoms with van der Waals surface area (Å²) in [6.07, 6.45) is -0.817. The highest BCUT2D eigenvalue weighted by Crippen LogP contribution is 2.18. The molecule has 1 aromatic rings. The number of hydrogen-bond donors (Lipinski definition) is 0. The average molecular weight is 342 g/mol. The Kier molecular flexibility index (Phi) is 5.84. The van der Waals surface area contributed by atoms with E-state index in [1.54, 1.807) is 0 Å². The number of aromatic nitrogens is 2. The van der Waals surface area contributed by atoms with E-state index in [1.807, 2.05) is 6.92 Å². The van der Waals surface area contributed by atoms with Crippen LogP contribution in [0.2, 0.25) is 0 Å². The molecular formula is C11H15BrF3N3O. The smallest absolute Gasteiger partial charge is 0.342 e. The summed E-state index contributed by atoms with van der Waals surface area (Å²) in [7, 11) is 0. The normalized spacial score (nSPS) is 11.6. The zero-order valence-electron chi connectivity index (χ0n) is 10.5. The number of rotatable bonds is 6. The molecule has 0 fully saturated rings. The monoisotopic (exact) mass is 341 g/mol. The summed E-state index contributed by atoms with van der Waals surface area (Å²) >= 11 is 3.08. The molecule has 0 aromatic carbocycles. The van der Waals surface area contributed by atoms with Crippen LogP contribution in [-0.2, 0) is 6.54 Å². The molecule has 1 rings (SSSR count). The van der Waals surface area contributed by atoms with E-state index in [4.69, 9.17) is 0 Å². The van der Waals surface area contributed by atoms with Gasteiger partial charge in [0.1, 0.15) is 6.54 Å². The van der Waals surface area contributed by atoms with Gasteiger partial charge < -0.3 is 9.47 Å². The fourth-order valence-corrected chi connectivity index (χ4v) is 2.08. The second-order valence-corrected chi connectivity index (χ2v) is 4.77. The Balaban J connectivity index is 3.08. The van der Waals surface area contributed by atoms with Crippen molar-refractivity contribution in [2.75, 3.05) is 23.3 Å². The Hall–Kier alpha value is -1.05. The molecule has 0 radical (unpaired) electrons. The molecule has 1 aromatic heterocycles. The maximum Gasteiger partial charge on any atom is 0.405 e. The maximum absolute atomic E-state index is 12.5. The first-order chi connectivity index (χ1) is 8.89. The molecule has 0 aliphatic rings. The summed E-state index contributed by atoms with van der Waals surface area (Å²) in [5.41, 5.74) is -0.491. The molecule has 0 bridgehead atoms. The lowest BCUT2D eigenvalue weighted by Gasteiger charge is -2.23. The van der Waals surface area contributed by atoms with Gasteiger partial charge in [0.25, 0.3) is 5.56 Å². The first-order valence-electron chi connectivity index (χ1n) is 5.82. The summed E-state index contributed by atoms with van der Waals surface area (Å²) in [5, 5.41) is 0.326. The minimum absolute atomic E-state index is 0.0673. The summed E-state index contributed by atoms with van der Waals surface area (Å²) in [6.45, 7) is 1.23. The van der Waals surface area contributed by atoms with E-state index < -0.39 is 18.3 Å². The van der Waals surface area contributed by atoms with Gasteiger partial charge in [-0.3, -0.25) is 4.79 Å². The molecule has 0 saturated heterocycles. The van der Waals surface area contributed by atoms with Crippen LogP contribution in [0.25, 0.3) is 0 Å². The van der Waals surface area contributed by atoms with Gasteiger partial charge in [0.15, 0.2) is 5.82 Å². The van der Waals surface area contributed by atoms with Gasteiger partial charge >= 0.3 is 6.18 Å². The van der Waals surface area contributed by atoms with E-state index >= 15 is 0 Å². The predicted molar refractivity (Wildman–Crippen MR) is 70.9 cm³/mol. The van der Waals surface area contributed by atoms with E-state index in [9.17, 15) is 18.0 Å². The first-order valence-corrected chi connectivity index (χ1v) is 6.94. The van der Waals surface area contributed by atoms with Crippen molar-refractivity contribution < 1.29 is 13.2 Å². The third-order valence-corrected chi connectivity index (χ3v) is 2.74. The van der Waals surface area contributed by atoms with Crippen LogP contribution in [0.1, 0.15) is 13.3 Å². The molecule has 0 amide bonds. The molecular weight excluding hydrogens is 327 g/mol. The fourth-order valence-electron chi connectivity index (χ4n) is 1.65. The Morgan fingerprint density at radius 3 is 2.68 bits per heavy atom. The molecule has 4 nitrogen and oxygen atoms in total. The van der Waals surface area contributed by atoms with Gasteiger partial charge in [-0.1, -0.05) is 22.9 Å². The van der Waals surface area contributed by atoms with Crippen molar-refractivity contribution in [3.05, 3.63) is 22.7 Å². The standard InChI is InChI=1S/C11H15BrF3N3O/c1-2-5-17-7-4-16-9(10(17)19)18(6-3-12)8-11(13,14)15/h4,7H,2-3,5-6,8H2,1H3. The molecule has 1 heterocycles. The lowest BCUT2D eigenvalue weighted by atomic mass is 10.4. The lowest BCUT2D eigenvalue weighted by Crippen LogP contribution is -2.40. The number of halogens is 4. The highest BCUT2D eigenvalue weighted by molar-refractivity contribution is 9.09. The van der Waals surface area contributed by atoms with Crippen molar-refractivity contribution >= 4 is 21.7 Å². The van der Waals surface area contributed by atoms with E-state index in [0.717, 1.165) is 11.3 Å². The van der Waals surface area contributed by atoms with Crippen LogP contribution in [-0.4, -0.2) is 34.1 Å². The molecule has 0 spiro atoms. The lowest BCUT2D eigenvalue weighted by molar-refractivity contribution is -0.119. The van der Waals surface area contributed by atoms with Crippen molar-refractivity contribution in [1.29, 1.82) is 0 Å². The minimum atomic E-state index is -4.37. The molecule has 0 unspecified atom stereocenters. The van der Waals surface area contributed by atoms with Crippen molar-refractivity contribution in [2.45, 2.75) is 26.1 Å². The Bertz CT molecular complexity index is 461. The predicted octanol–water partition coefficient (Wildman–Crippen LogP) is 2.42. The third-order valence-electron chi connectivity index (χ3n) is 2.38. The minimum Gasteiger partial charge on any atom is -0.342 e. The zero-order chi connectivity index (χ0) is 14.5. The van der Waals surface area contributed by atoms with Crippen LogP contribution >= 0.6 is 15.9 Å². The Morgan fingerprint density at radius 1 is 1.47 bits per heavy atom. The van der Waals surface area contributed by atoms with Crippen LogP contribution in [0.15, 0.2) is 17.2 Å². The van der Waals surface area contributed by atoms with E-state index in [-0.39, 0.29) is 12.4 Å². The molecule has 19 heavy (non-hydrogen) atoms. The van der Waals surface area contributed by atoms with E-state index in [2.05, 4.69) is 20.9 Å². The number of anilines is 1. The number of nitrogens with zero attached hydrogens (tertiary/aromatic N) is 3. The van der Waals surface area contributed by atoms with Gasteiger partial charge in [-0.25, -0.2) is 4.98 Å². The van der Waals surface area contributed by atoms with Crippen LogP contribution in [0.5, 0.6) is 0 Å². The van der Waals surface area contributed by atoms with Gasteiger partial charge in [-0.2, -0.15) is 13.2 Å². The maximum atomic E-state index is 12.5. The molecule has 0 N–H and O–H groups in total. The largest absolute Gasteiger partial charge is 0.405 e. The zero-order valence-corrected chi connectivity index (χ0v) is 12.0. The number of aryl methyl sites for hydroxylation is 1. The molecule has 0 aliphatic heterocycles. The molecule has 0 aliphatic carbocycles. The van der Waals surface area contributed by atoms with Gasteiger partial charge in [0.2, 0.25) is 0 Å². The SMILES string of the molecule is CCCn1ccnc(N(CCBr)CC(F)(F)F)c1=O. The van der Waals surface area contributed by atoms with Gasteiger partial charge in [0, 0.05) is 30.8 Å². The topological polar surface area (TPSA) is 38.1 Å². The van der Waals surface area contributed by atoms with Crippen molar-refractivity contribution in [3.8, 4) is 0 Å². The number of alkyl halides is 4. The van der Waals surface area contributed by atoms with Crippen LogP contribution in [0.3, 0.4) is 0 Å².